The molecule has 5 aromatic rings. The number of ether oxygens (including phenoxy) is 1. The van der Waals surface area contributed by atoms with Crippen LogP contribution in [0.3, 0.4) is 0 Å². The molecule has 3 N–H and O–H groups in total. The van der Waals surface area contributed by atoms with Gasteiger partial charge in [0.2, 0.25) is 11.3 Å². The van der Waals surface area contributed by atoms with E-state index in [1.54, 1.807) is 0 Å². The second-order valence-corrected chi connectivity index (χ2v) is 11.4. The Hall–Kier alpha value is -4.89. The van der Waals surface area contributed by atoms with Crippen molar-refractivity contribution in [3.8, 4) is 0 Å². The fraction of sp³-hybridized carbons (Fsp3) is 0.286. The normalized spacial score (nSPS) is 24.1. The maximum absolute atomic E-state index is 14.9. The summed E-state index contributed by atoms with van der Waals surface area (Å²) in [5, 5.41) is 11.1. The smallest absolute Gasteiger partial charge is 0.251 e. The number of aliphatic hydroxyl groups is 1. The Morgan fingerprint density at radius 3 is 1.79 bits per heavy atom. The lowest BCUT2D eigenvalue weighted by atomic mass is 9.54. The Balaban J connectivity index is 2.01. The summed E-state index contributed by atoms with van der Waals surface area (Å²) >= 11 is 0. The van der Waals surface area contributed by atoms with E-state index in [4.69, 9.17) is 30.0 Å². The van der Waals surface area contributed by atoms with Gasteiger partial charge in [-0.2, -0.15) is 0 Å². The molecule has 0 saturated carbocycles. The van der Waals surface area contributed by atoms with Crippen LogP contribution in [0.15, 0.2) is 104 Å². The van der Waals surface area contributed by atoms with Crippen LogP contribution in [-0.4, -0.2) is 74.3 Å². The van der Waals surface area contributed by atoms with Crippen LogP contribution in [0.4, 0.5) is 5.82 Å². The second-order valence-electron chi connectivity index (χ2n) is 11.4. The number of Topliss-reactive ketones (excluding diaryl/α,β-unsaturated/α-hetero) is 2. The molecule has 1 aliphatic rings. The van der Waals surface area contributed by atoms with Crippen LogP contribution in [0, 0.1) is 0 Å². The Morgan fingerprint density at radius 1 is 0.833 bits per heavy atom. The average Bonchev–Trinajstić information content (AvgIpc) is 3.65. The van der Waals surface area contributed by atoms with Gasteiger partial charge in [0.05, 0.1) is 32.6 Å². The summed E-state index contributed by atoms with van der Waals surface area (Å²) < 4.78 is 8.69. The largest absolute Gasteiger partial charge is 0.394 e. The molecule has 0 radical (unpaired) electrons. The predicted octanol–water partition coefficient (Wildman–Crippen LogP) is 3.30. The van der Waals surface area contributed by atoms with Crippen LogP contribution in [0.5, 0.6) is 0 Å². The first-order chi connectivity index (χ1) is 23.2. The molecule has 0 unspecified atom stereocenters. The van der Waals surface area contributed by atoms with Gasteiger partial charge in [-0.25, -0.2) is 34.5 Å². The molecule has 3 heterocycles. The average molecular weight is 654 g/mol. The fourth-order valence-corrected chi connectivity index (χ4v) is 7.59. The molecule has 4 atom stereocenters. The zero-order valence-electron chi connectivity index (χ0n) is 26.8. The molecule has 0 aliphatic carbocycles. The molecule has 0 spiro atoms. The quantitative estimate of drug-likeness (QED) is 0.115. The molecule has 6 rings (SSSR count). The predicted molar refractivity (Wildman–Crippen MR) is 172 cm³/mol. The van der Waals surface area contributed by atoms with Gasteiger partial charge >= 0.3 is 0 Å². The SMILES string of the molecule is COO[C@]1(C(C)=O)[C@@](OOC)(C(C)=O)[C@@H](CO)O[C@]1(n1cnc2c(N)ncnc21)C(c1ccccc1)(c1ccccc1)c1ccccc1. The van der Waals surface area contributed by atoms with E-state index in [1.807, 2.05) is 91.0 Å². The summed E-state index contributed by atoms with van der Waals surface area (Å²) in [7, 11) is 2.37. The summed E-state index contributed by atoms with van der Waals surface area (Å²) in [5.41, 5.74) is -0.779. The van der Waals surface area contributed by atoms with Crippen molar-refractivity contribution in [2.75, 3.05) is 26.6 Å². The van der Waals surface area contributed by atoms with Crippen LogP contribution >= 0.6 is 0 Å². The minimum Gasteiger partial charge on any atom is -0.394 e. The maximum atomic E-state index is 14.9. The zero-order valence-corrected chi connectivity index (χ0v) is 26.8. The molecule has 1 saturated heterocycles. The first-order valence-electron chi connectivity index (χ1n) is 15.1. The van der Waals surface area contributed by atoms with Crippen molar-refractivity contribution in [1.82, 2.24) is 19.5 Å². The van der Waals surface area contributed by atoms with E-state index in [0.717, 1.165) is 0 Å². The van der Waals surface area contributed by atoms with Crippen LogP contribution in [0.2, 0.25) is 0 Å². The maximum Gasteiger partial charge on any atom is 0.251 e. The van der Waals surface area contributed by atoms with Crippen molar-refractivity contribution in [2.45, 2.75) is 42.3 Å². The number of nitrogens with zero attached hydrogens (tertiary/aromatic N) is 4. The van der Waals surface area contributed by atoms with Crippen molar-refractivity contribution in [2.24, 2.45) is 0 Å². The van der Waals surface area contributed by atoms with E-state index < -0.39 is 46.6 Å². The number of hydrogen-bond acceptors (Lipinski definition) is 12. The fourth-order valence-electron chi connectivity index (χ4n) is 7.59. The van der Waals surface area contributed by atoms with E-state index in [1.165, 1.54) is 45.3 Å². The number of ketones is 2. The monoisotopic (exact) mass is 653 g/mol. The highest BCUT2D eigenvalue weighted by Crippen LogP contribution is 2.66. The van der Waals surface area contributed by atoms with Gasteiger partial charge in [-0.3, -0.25) is 14.2 Å². The number of hydrogen-bond donors (Lipinski definition) is 2. The number of benzene rings is 3. The minimum absolute atomic E-state index is 0.0439. The van der Waals surface area contributed by atoms with Crippen molar-refractivity contribution in [3.05, 3.63) is 120 Å². The lowest BCUT2D eigenvalue weighted by Crippen LogP contribution is -2.77. The number of aromatic nitrogens is 4. The third-order valence-electron chi connectivity index (χ3n) is 9.20. The summed E-state index contributed by atoms with van der Waals surface area (Å²) in [6.45, 7) is 1.59. The van der Waals surface area contributed by atoms with Crippen LogP contribution in [-0.2, 0) is 45.0 Å². The highest BCUT2D eigenvalue weighted by atomic mass is 17.2. The molecule has 3 aromatic carbocycles. The molecule has 0 bridgehead atoms. The lowest BCUT2D eigenvalue weighted by molar-refractivity contribution is -0.429. The molecule has 13 heteroatoms. The van der Waals surface area contributed by atoms with Crippen molar-refractivity contribution >= 4 is 28.5 Å². The van der Waals surface area contributed by atoms with Gasteiger partial charge < -0.3 is 15.6 Å². The van der Waals surface area contributed by atoms with Gasteiger partial charge in [0.15, 0.2) is 23.0 Å². The Bertz CT molecular complexity index is 1830. The van der Waals surface area contributed by atoms with E-state index in [0.29, 0.717) is 16.7 Å². The first-order valence-corrected chi connectivity index (χ1v) is 15.1. The third-order valence-corrected chi connectivity index (χ3v) is 9.20. The van der Waals surface area contributed by atoms with Gasteiger partial charge in [0, 0.05) is 0 Å². The zero-order chi connectivity index (χ0) is 34.2. The van der Waals surface area contributed by atoms with Crippen LogP contribution in [0.25, 0.3) is 11.2 Å². The molecule has 1 fully saturated rings. The minimum atomic E-state index is -2.64. The summed E-state index contributed by atoms with van der Waals surface area (Å²) in [4.78, 5) is 65.4. The van der Waals surface area contributed by atoms with Gasteiger partial charge in [-0.15, -0.1) is 0 Å². The highest BCUT2D eigenvalue weighted by Gasteiger charge is 2.88. The molecule has 248 valence electrons. The van der Waals surface area contributed by atoms with Crippen molar-refractivity contribution < 1.29 is 39.0 Å². The third kappa shape index (κ3) is 4.16. The number of aliphatic hydroxyl groups excluding tert-OH is 1. The molecule has 13 nitrogen and oxygen atoms in total. The van der Waals surface area contributed by atoms with E-state index in [2.05, 4.69) is 15.0 Å². The van der Waals surface area contributed by atoms with Crippen molar-refractivity contribution in [3.63, 3.8) is 0 Å². The summed E-state index contributed by atoms with van der Waals surface area (Å²) in [6, 6.07) is 27.8. The van der Waals surface area contributed by atoms with Crippen LogP contribution < -0.4 is 5.73 Å². The number of nitrogens with two attached hydrogens (primary N) is 1. The molecule has 2 aromatic heterocycles. The van der Waals surface area contributed by atoms with Gasteiger partial charge in [0.1, 0.15) is 17.9 Å². The van der Waals surface area contributed by atoms with E-state index in [-0.39, 0.29) is 17.0 Å². The van der Waals surface area contributed by atoms with E-state index in [9.17, 15) is 14.7 Å². The topological polar surface area (TPSA) is 170 Å². The Morgan fingerprint density at radius 2 is 1.35 bits per heavy atom. The number of carbonyl (C=O) groups is 2. The number of carbonyl (C=O) groups excluding carboxylic acids is 2. The van der Waals surface area contributed by atoms with Gasteiger partial charge in [-0.05, 0) is 30.5 Å². The van der Waals surface area contributed by atoms with Gasteiger partial charge in [0.25, 0.3) is 5.60 Å². The number of anilines is 1. The molecule has 0 amide bonds. The molecular formula is C35H35N5O8. The molecular weight excluding hydrogens is 618 g/mol. The standard InChI is InChI=1S/C35H35N5O8/c1-23(42)33(47-44-3)28(20-41)46-35(34(33,24(2)43)48-45-4,40-22-39-29-30(36)37-21-38-31(29)40)32(25-14-8-5-9-15-25,26-16-10-6-11-17-26)27-18-12-7-13-19-27/h5-19,21-22,28,41H,20H2,1-4H3,(H2,36,37,38)/t28-,33-,34-,35-/m1/s1. The molecule has 48 heavy (non-hydrogen) atoms. The number of imidazole rings is 1. The summed E-state index contributed by atoms with van der Waals surface area (Å²) in [6.07, 6.45) is 1.02. The lowest BCUT2D eigenvalue weighted by Gasteiger charge is -2.56. The molecule has 1 aliphatic heterocycles. The van der Waals surface area contributed by atoms with E-state index >= 15 is 0 Å². The van der Waals surface area contributed by atoms with Crippen LogP contribution in [0.1, 0.15) is 30.5 Å². The highest BCUT2D eigenvalue weighted by molar-refractivity contribution is 6.01. The number of rotatable bonds is 12. The number of fused-ring (bicyclic) bond motifs is 1. The number of nitrogen functional groups attached to an aromatic ring is 1. The first kappa shape index (κ1) is 33.0. The van der Waals surface area contributed by atoms with Gasteiger partial charge in [-0.1, -0.05) is 91.0 Å². The Kier molecular flexibility index (Phi) is 8.68. The summed E-state index contributed by atoms with van der Waals surface area (Å²) in [5.74, 6) is -1.50. The Labute approximate surface area is 276 Å². The van der Waals surface area contributed by atoms with Crippen molar-refractivity contribution in [1.29, 1.82) is 0 Å². The second kappa shape index (κ2) is 12.6.